The summed E-state index contributed by atoms with van der Waals surface area (Å²) in [6.45, 7) is 6.95. The third-order valence-corrected chi connectivity index (χ3v) is 9.45. The van der Waals surface area contributed by atoms with Crippen LogP contribution in [0.15, 0.2) is 40.1 Å². The Morgan fingerprint density at radius 1 is 0.526 bits per heavy atom. The van der Waals surface area contributed by atoms with Crippen molar-refractivity contribution in [2.45, 2.75) is 165 Å². The first kappa shape index (κ1) is 31.1. The maximum atomic E-state index is 3.93. The Bertz CT molecular complexity index is 918. The maximum Gasteiger partial charge on any atom is 0.0561 e. The van der Waals surface area contributed by atoms with Gasteiger partial charge in [-0.05, 0) is 73.4 Å². The second-order valence-corrected chi connectivity index (χ2v) is 12.7. The summed E-state index contributed by atoms with van der Waals surface area (Å²) < 4.78 is 0. The number of hydrogen-bond acceptors (Lipinski definition) is 2. The van der Waals surface area contributed by atoms with Crippen LogP contribution >= 0.6 is 11.8 Å². The van der Waals surface area contributed by atoms with Crippen molar-refractivity contribution in [3.05, 3.63) is 47.0 Å². The number of rotatable bonds is 21. The highest BCUT2D eigenvalue weighted by Crippen LogP contribution is 2.48. The maximum absolute atomic E-state index is 3.93. The summed E-state index contributed by atoms with van der Waals surface area (Å²) in [4.78, 5) is 2.84. The van der Waals surface area contributed by atoms with Crippen LogP contribution in [-0.4, -0.2) is 0 Å². The molecule has 0 amide bonds. The molecule has 0 saturated carbocycles. The average Bonchev–Trinajstić information content (AvgIpc) is 2.94. The second kappa shape index (κ2) is 18.8. The van der Waals surface area contributed by atoms with Gasteiger partial charge in [0.25, 0.3) is 0 Å². The zero-order chi connectivity index (χ0) is 26.8. The number of anilines is 2. The van der Waals surface area contributed by atoms with Gasteiger partial charge in [0.2, 0.25) is 0 Å². The van der Waals surface area contributed by atoms with Gasteiger partial charge in [-0.15, -0.1) is 0 Å². The lowest BCUT2D eigenvalue weighted by atomic mass is 9.88. The van der Waals surface area contributed by atoms with Crippen LogP contribution in [0.25, 0.3) is 0 Å². The van der Waals surface area contributed by atoms with Gasteiger partial charge >= 0.3 is 0 Å². The number of nitrogens with one attached hydrogen (secondary N) is 1. The van der Waals surface area contributed by atoms with E-state index in [2.05, 4.69) is 56.4 Å². The topological polar surface area (TPSA) is 12.0 Å². The average molecular weight is 536 g/mol. The van der Waals surface area contributed by atoms with Crippen LogP contribution in [0, 0.1) is 0 Å². The van der Waals surface area contributed by atoms with E-state index in [0.717, 1.165) is 0 Å². The molecule has 0 fully saturated rings. The first-order valence-electron chi connectivity index (χ1n) is 16.5. The molecular weight excluding hydrogens is 478 g/mol. The molecule has 0 unspecified atom stereocenters. The zero-order valence-electron chi connectivity index (χ0n) is 25.1. The molecule has 1 heterocycles. The van der Waals surface area contributed by atoms with Crippen molar-refractivity contribution in [3.8, 4) is 0 Å². The van der Waals surface area contributed by atoms with Crippen molar-refractivity contribution < 1.29 is 0 Å². The van der Waals surface area contributed by atoms with Crippen LogP contribution in [0.2, 0.25) is 0 Å². The van der Waals surface area contributed by atoms with Crippen molar-refractivity contribution in [3.63, 3.8) is 0 Å². The first-order valence-corrected chi connectivity index (χ1v) is 17.3. The van der Waals surface area contributed by atoms with Gasteiger partial charge < -0.3 is 5.32 Å². The fourth-order valence-corrected chi connectivity index (χ4v) is 7.10. The number of benzene rings is 2. The predicted molar refractivity (Wildman–Crippen MR) is 172 cm³/mol. The van der Waals surface area contributed by atoms with E-state index in [-0.39, 0.29) is 0 Å². The number of hydrogen-bond donors (Lipinski definition) is 1. The summed E-state index contributed by atoms with van der Waals surface area (Å²) in [6.07, 6.45) is 28.5. The van der Waals surface area contributed by atoms with E-state index in [9.17, 15) is 0 Å². The molecule has 1 aliphatic rings. The van der Waals surface area contributed by atoms with Gasteiger partial charge in [-0.2, -0.15) is 0 Å². The van der Waals surface area contributed by atoms with Crippen molar-refractivity contribution in [2.75, 3.05) is 5.32 Å². The van der Waals surface area contributed by atoms with E-state index in [1.54, 1.807) is 16.7 Å². The monoisotopic (exact) mass is 535 g/mol. The van der Waals surface area contributed by atoms with Gasteiger partial charge in [0.05, 0.1) is 11.4 Å². The minimum absolute atomic E-state index is 1.24. The highest BCUT2D eigenvalue weighted by atomic mass is 32.2. The third kappa shape index (κ3) is 10.3. The van der Waals surface area contributed by atoms with Gasteiger partial charge in [-0.1, -0.05) is 141 Å². The van der Waals surface area contributed by atoms with Crippen molar-refractivity contribution in [1.29, 1.82) is 0 Å². The molecule has 38 heavy (non-hydrogen) atoms. The van der Waals surface area contributed by atoms with Gasteiger partial charge in [0.1, 0.15) is 0 Å². The Kier molecular flexibility index (Phi) is 15.4. The van der Waals surface area contributed by atoms with E-state index in [4.69, 9.17) is 0 Å². The lowest BCUT2D eigenvalue weighted by Crippen LogP contribution is -2.10. The summed E-state index contributed by atoms with van der Waals surface area (Å²) in [7, 11) is 0. The number of unbranched alkanes of at least 4 members (excludes halogenated alkanes) is 15. The summed E-state index contributed by atoms with van der Waals surface area (Å²) in [6, 6.07) is 11.5. The molecule has 0 atom stereocenters. The van der Waals surface area contributed by atoms with Crippen molar-refractivity contribution in [1.82, 2.24) is 0 Å². The molecule has 0 bridgehead atoms. The second-order valence-electron chi connectivity index (χ2n) is 11.6. The largest absolute Gasteiger partial charge is 0.353 e. The predicted octanol–water partition coefficient (Wildman–Crippen LogP) is 12.6. The van der Waals surface area contributed by atoms with Crippen LogP contribution in [0.3, 0.4) is 0 Å². The Balaban J connectivity index is 1.80. The standard InChI is InChI=1S/C36H57NS/c1-4-7-10-13-16-19-24-30-29-35-36(37-33-27-22-23-28-34(33)38-35)32(26-21-18-15-12-9-6-3)31(30)25-20-17-14-11-8-5-2/h22-23,27-29,37H,4-21,24-26H2,1-3H3. The fraction of sp³-hybridized carbons (Fsp3) is 0.667. The van der Waals surface area contributed by atoms with E-state index in [1.807, 2.05) is 11.8 Å². The van der Waals surface area contributed by atoms with E-state index >= 15 is 0 Å². The molecule has 1 N–H and O–H groups in total. The van der Waals surface area contributed by atoms with Crippen LogP contribution in [0.5, 0.6) is 0 Å². The number of fused-ring (bicyclic) bond motifs is 2. The Hall–Kier alpha value is -1.41. The quantitative estimate of drug-likeness (QED) is 0.136. The molecule has 1 aliphatic heterocycles. The fourth-order valence-electron chi connectivity index (χ4n) is 6.01. The van der Waals surface area contributed by atoms with Gasteiger partial charge in [0, 0.05) is 9.79 Å². The summed E-state index contributed by atoms with van der Waals surface area (Å²) in [5, 5.41) is 3.93. The minimum Gasteiger partial charge on any atom is -0.353 e. The number of aryl methyl sites for hydroxylation is 1. The minimum atomic E-state index is 1.24. The van der Waals surface area contributed by atoms with Crippen LogP contribution < -0.4 is 5.32 Å². The molecule has 1 nitrogen and oxygen atoms in total. The van der Waals surface area contributed by atoms with Crippen LogP contribution in [-0.2, 0) is 19.3 Å². The van der Waals surface area contributed by atoms with Crippen molar-refractivity contribution in [2.24, 2.45) is 0 Å². The molecule has 0 aliphatic carbocycles. The smallest absolute Gasteiger partial charge is 0.0561 e. The SMILES string of the molecule is CCCCCCCCc1cc2c(c(CCCCCCCC)c1CCCCCCCC)Nc1ccccc1S2. The molecular formula is C36H57NS. The zero-order valence-corrected chi connectivity index (χ0v) is 26.0. The molecule has 3 rings (SSSR count). The lowest BCUT2D eigenvalue weighted by Gasteiger charge is -2.28. The lowest BCUT2D eigenvalue weighted by molar-refractivity contribution is 0.593. The van der Waals surface area contributed by atoms with Gasteiger partial charge in [-0.25, -0.2) is 0 Å². The summed E-state index contributed by atoms with van der Waals surface area (Å²) >= 11 is 2.00. The Morgan fingerprint density at radius 3 is 1.63 bits per heavy atom. The molecule has 2 aromatic carbocycles. The highest BCUT2D eigenvalue weighted by Gasteiger charge is 2.23. The van der Waals surface area contributed by atoms with Gasteiger partial charge in [0.15, 0.2) is 0 Å². The molecule has 2 aromatic rings. The molecule has 0 saturated heterocycles. The summed E-state index contributed by atoms with van der Waals surface area (Å²) in [5.41, 5.74) is 7.78. The van der Waals surface area contributed by atoms with Gasteiger partial charge in [-0.3, -0.25) is 0 Å². The molecule has 0 radical (unpaired) electrons. The Labute approximate surface area is 240 Å². The first-order chi connectivity index (χ1) is 18.8. The highest BCUT2D eigenvalue weighted by molar-refractivity contribution is 7.99. The molecule has 0 aromatic heterocycles. The molecule has 0 spiro atoms. The third-order valence-electron chi connectivity index (χ3n) is 8.33. The van der Waals surface area contributed by atoms with E-state index in [1.165, 1.54) is 156 Å². The molecule has 2 heteroatoms. The summed E-state index contributed by atoms with van der Waals surface area (Å²) in [5.74, 6) is 0. The van der Waals surface area contributed by atoms with E-state index in [0.29, 0.717) is 0 Å². The normalized spacial score (nSPS) is 12.3. The number of para-hydroxylation sites is 1. The Morgan fingerprint density at radius 2 is 1.03 bits per heavy atom. The molecule has 212 valence electrons. The van der Waals surface area contributed by atoms with Crippen LogP contribution in [0.1, 0.15) is 153 Å². The van der Waals surface area contributed by atoms with Crippen molar-refractivity contribution >= 4 is 23.1 Å². The van der Waals surface area contributed by atoms with E-state index < -0.39 is 0 Å². The van der Waals surface area contributed by atoms with Crippen LogP contribution in [0.4, 0.5) is 11.4 Å².